The molecule has 3 N–H and O–H groups in total. The first kappa shape index (κ1) is 24.4. The van der Waals surface area contributed by atoms with Crippen molar-refractivity contribution in [2.45, 2.75) is 44.1 Å². The predicted molar refractivity (Wildman–Crippen MR) is 124 cm³/mol. The van der Waals surface area contributed by atoms with E-state index >= 15 is 0 Å². The van der Waals surface area contributed by atoms with Crippen LogP contribution in [0.5, 0.6) is 0 Å². The summed E-state index contributed by atoms with van der Waals surface area (Å²) in [5.41, 5.74) is 2.51. The SMILES string of the molecule is O=C(O)COCCCCN1[C@H](O)CC[C@@H]1/C=C/[C@@H](O)c1cccc(-c2ccccc2)c1Cl. The summed E-state index contributed by atoms with van der Waals surface area (Å²) in [6, 6.07) is 15.5. The second-order valence-corrected chi connectivity index (χ2v) is 8.30. The molecule has 3 atom stereocenters. The fourth-order valence-electron chi connectivity index (χ4n) is 4.01. The lowest BCUT2D eigenvalue weighted by atomic mass is 9.99. The van der Waals surface area contributed by atoms with E-state index < -0.39 is 18.3 Å². The van der Waals surface area contributed by atoms with E-state index in [4.69, 9.17) is 21.4 Å². The van der Waals surface area contributed by atoms with Gasteiger partial charge in [-0.3, -0.25) is 4.90 Å². The number of halogens is 1. The molecule has 1 aliphatic heterocycles. The van der Waals surface area contributed by atoms with Crippen molar-refractivity contribution in [2.24, 2.45) is 0 Å². The van der Waals surface area contributed by atoms with Crippen LogP contribution in [0.3, 0.4) is 0 Å². The van der Waals surface area contributed by atoms with Crippen LogP contribution in [0, 0.1) is 0 Å². The van der Waals surface area contributed by atoms with Gasteiger partial charge in [0.25, 0.3) is 0 Å². The van der Waals surface area contributed by atoms with E-state index in [0.717, 1.165) is 30.4 Å². The Morgan fingerprint density at radius 2 is 1.94 bits per heavy atom. The number of carboxylic acids is 1. The monoisotopic (exact) mass is 459 g/mol. The Kier molecular flexibility index (Phi) is 9.26. The maximum atomic E-state index is 10.8. The second-order valence-electron chi connectivity index (χ2n) is 7.92. The first-order valence-corrected chi connectivity index (χ1v) is 11.3. The van der Waals surface area contributed by atoms with Crippen molar-refractivity contribution in [3.05, 3.63) is 71.3 Å². The summed E-state index contributed by atoms with van der Waals surface area (Å²) in [4.78, 5) is 12.5. The fraction of sp³-hybridized carbons (Fsp3) is 0.400. The molecular weight excluding hydrogens is 430 g/mol. The molecule has 0 spiro atoms. The molecule has 1 aliphatic rings. The lowest BCUT2D eigenvalue weighted by Crippen LogP contribution is -2.36. The van der Waals surface area contributed by atoms with Crippen LogP contribution >= 0.6 is 11.6 Å². The van der Waals surface area contributed by atoms with Crippen molar-refractivity contribution in [1.82, 2.24) is 4.90 Å². The minimum absolute atomic E-state index is 0.0238. The number of aliphatic hydroxyl groups excluding tert-OH is 2. The molecule has 1 fully saturated rings. The molecule has 2 aromatic rings. The zero-order valence-corrected chi connectivity index (χ0v) is 18.7. The Hall–Kier alpha value is -2.22. The lowest BCUT2D eigenvalue weighted by molar-refractivity contribution is -0.142. The summed E-state index contributed by atoms with van der Waals surface area (Å²) in [7, 11) is 0. The summed E-state index contributed by atoms with van der Waals surface area (Å²) in [5.74, 6) is -0.974. The highest BCUT2D eigenvalue weighted by atomic mass is 35.5. The summed E-state index contributed by atoms with van der Waals surface area (Å²) >= 11 is 6.62. The average Bonchev–Trinajstić information content (AvgIpc) is 3.14. The molecule has 0 amide bonds. The van der Waals surface area contributed by atoms with Gasteiger partial charge in [-0.15, -0.1) is 0 Å². The van der Waals surface area contributed by atoms with E-state index in [1.165, 1.54) is 0 Å². The topological polar surface area (TPSA) is 90.2 Å². The van der Waals surface area contributed by atoms with Gasteiger partial charge in [0.15, 0.2) is 0 Å². The first-order valence-electron chi connectivity index (χ1n) is 10.9. The van der Waals surface area contributed by atoms with Crippen LogP contribution in [-0.4, -0.2) is 58.2 Å². The molecule has 7 heteroatoms. The molecule has 0 bridgehead atoms. The van der Waals surface area contributed by atoms with Gasteiger partial charge >= 0.3 is 5.97 Å². The van der Waals surface area contributed by atoms with E-state index in [9.17, 15) is 15.0 Å². The summed E-state index contributed by atoms with van der Waals surface area (Å²) in [5, 5.41) is 30.2. The zero-order chi connectivity index (χ0) is 22.9. The van der Waals surface area contributed by atoms with Crippen LogP contribution in [0.15, 0.2) is 60.7 Å². The highest BCUT2D eigenvalue weighted by molar-refractivity contribution is 6.34. The van der Waals surface area contributed by atoms with Crippen LogP contribution < -0.4 is 0 Å². The molecular formula is C25H30ClNO5. The van der Waals surface area contributed by atoms with Crippen molar-refractivity contribution in [3.8, 4) is 11.1 Å². The molecule has 172 valence electrons. The first-order chi connectivity index (χ1) is 15.5. The largest absolute Gasteiger partial charge is 0.480 e. The third-order valence-electron chi connectivity index (χ3n) is 5.66. The second kappa shape index (κ2) is 12.1. The molecule has 0 aromatic heterocycles. The number of rotatable bonds is 11. The van der Waals surface area contributed by atoms with Crippen LogP contribution in [0.2, 0.25) is 5.02 Å². The molecule has 0 unspecified atom stereocenters. The van der Waals surface area contributed by atoms with E-state index in [2.05, 4.69) is 0 Å². The van der Waals surface area contributed by atoms with Gasteiger partial charge in [0, 0.05) is 30.3 Å². The van der Waals surface area contributed by atoms with Gasteiger partial charge < -0.3 is 20.1 Å². The third-order valence-corrected chi connectivity index (χ3v) is 6.08. The molecule has 32 heavy (non-hydrogen) atoms. The molecule has 1 heterocycles. The van der Waals surface area contributed by atoms with Gasteiger partial charge in [-0.1, -0.05) is 72.3 Å². The summed E-state index contributed by atoms with van der Waals surface area (Å²) < 4.78 is 5.05. The molecule has 3 rings (SSSR count). The Morgan fingerprint density at radius 1 is 1.16 bits per heavy atom. The number of likely N-dealkylation sites (tertiary alicyclic amines) is 1. The molecule has 0 aliphatic carbocycles. The van der Waals surface area contributed by atoms with Crippen molar-refractivity contribution >= 4 is 17.6 Å². The van der Waals surface area contributed by atoms with Gasteiger partial charge in [-0.05, 0) is 31.2 Å². The maximum absolute atomic E-state index is 10.8. The quantitative estimate of drug-likeness (QED) is 0.343. The number of ether oxygens (including phenoxy) is 1. The molecule has 2 aromatic carbocycles. The summed E-state index contributed by atoms with van der Waals surface area (Å²) in [6.07, 6.45) is 5.28. The Balaban J connectivity index is 1.59. The average molecular weight is 460 g/mol. The highest BCUT2D eigenvalue weighted by Gasteiger charge is 2.30. The smallest absolute Gasteiger partial charge is 0.329 e. The minimum Gasteiger partial charge on any atom is -0.480 e. The maximum Gasteiger partial charge on any atom is 0.329 e. The number of nitrogens with zero attached hydrogens (tertiary/aromatic N) is 1. The number of aliphatic carboxylic acids is 1. The number of carbonyl (C=O) groups is 1. The molecule has 6 nitrogen and oxygen atoms in total. The van der Waals surface area contributed by atoms with Crippen LogP contribution in [0.4, 0.5) is 0 Å². The van der Waals surface area contributed by atoms with Gasteiger partial charge in [-0.25, -0.2) is 4.79 Å². The van der Waals surface area contributed by atoms with Gasteiger partial charge in [-0.2, -0.15) is 0 Å². The normalized spacial score (nSPS) is 20.1. The molecule has 1 saturated heterocycles. The van der Waals surface area contributed by atoms with E-state index in [0.29, 0.717) is 30.2 Å². The molecule has 0 radical (unpaired) electrons. The third kappa shape index (κ3) is 6.64. The van der Waals surface area contributed by atoms with Crippen molar-refractivity contribution < 1.29 is 24.9 Å². The van der Waals surface area contributed by atoms with E-state index in [1.54, 1.807) is 6.08 Å². The van der Waals surface area contributed by atoms with Crippen LogP contribution in [0.25, 0.3) is 11.1 Å². The van der Waals surface area contributed by atoms with Crippen LogP contribution in [-0.2, 0) is 9.53 Å². The Bertz CT molecular complexity index is 904. The zero-order valence-electron chi connectivity index (χ0n) is 17.9. The lowest BCUT2D eigenvalue weighted by Gasteiger charge is -2.25. The Labute approximate surface area is 193 Å². The van der Waals surface area contributed by atoms with Crippen molar-refractivity contribution in [3.63, 3.8) is 0 Å². The summed E-state index contributed by atoms with van der Waals surface area (Å²) in [6.45, 7) is 0.766. The standard InChI is InChI=1S/C25H30ClNO5/c26-25-20(18-7-2-1-3-8-18)9-6-10-21(25)22(28)13-11-19-12-14-23(29)27(19)15-4-5-16-32-17-24(30)31/h1-3,6-11,13,19,22-23,28-29H,4-5,12,14-17H2,(H,30,31)/b13-11+/t19-,22+,23+/m0/s1. The van der Waals surface area contributed by atoms with E-state index in [-0.39, 0.29) is 12.6 Å². The highest BCUT2D eigenvalue weighted by Crippen LogP contribution is 2.34. The van der Waals surface area contributed by atoms with Gasteiger partial charge in [0.1, 0.15) is 12.8 Å². The number of hydrogen-bond acceptors (Lipinski definition) is 5. The van der Waals surface area contributed by atoms with Crippen LogP contribution in [0.1, 0.15) is 37.4 Å². The number of carboxylic acid groups (broad SMARTS) is 1. The van der Waals surface area contributed by atoms with Crippen molar-refractivity contribution in [1.29, 1.82) is 0 Å². The number of hydrogen-bond donors (Lipinski definition) is 3. The predicted octanol–water partition coefficient (Wildman–Crippen LogP) is 4.26. The number of benzene rings is 2. The number of unbranched alkanes of at least 4 members (excludes halogenated alkanes) is 1. The van der Waals surface area contributed by atoms with Crippen molar-refractivity contribution in [2.75, 3.05) is 19.8 Å². The molecule has 0 saturated carbocycles. The fourth-order valence-corrected chi connectivity index (χ4v) is 4.36. The van der Waals surface area contributed by atoms with E-state index in [1.807, 2.05) is 59.5 Å². The number of aliphatic hydroxyl groups is 2. The van der Waals surface area contributed by atoms with Gasteiger partial charge in [0.05, 0.1) is 11.1 Å². The minimum atomic E-state index is -0.974. The van der Waals surface area contributed by atoms with Gasteiger partial charge in [0.2, 0.25) is 0 Å². The Morgan fingerprint density at radius 3 is 2.69 bits per heavy atom.